The van der Waals surface area contributed by atoms with Crippen LogP contribution in [0.15, 0.2) is 0 Å². The molecule has 0 saturated heterocycles. The van der Waals surface area contributed by atoms with Crippen LogP contribution in [-0.4, -0.2) is 18.6 Å². The number of alkyl halides is 1. The maximum Gasteiger partial charge on any atom is 0.367 e. The molecule has 0 aromatic rings. The fraction of sp³-hybridized carbons (Fsp3) is 1.00. The van der Waals surface area contributed by atoms with Crippen LogP contribution in [0.4, 0.5) is 4.39 Å². The van der Waals surface area contributed by atoms with Gasteiger partial charge in [0.25, 0.3) is 0 Å². The Hall–Kier alpha value is 0.0800. The highest BCUT2D eigenvalue weighted by molar-refractivity contribution is 7.55. The molecule has 0 heterocycles. The summed E-state index contributed by atoms with van der Waals surface area (Å²) in [7, 11) is -3.60. The van der Waals surface area contributed by atoms with Crippen LogP contribution in [0.25, 0.3) is 0 Å². The predicted octanol–water partition coefficient (Wildman–Crippen LogP) is 3.74. The Balaban J connectivity index is 2.92. The molecule has 0 unspecified atom stereocenters. The van der Waals surface area contributed by atoms with E-state index in [1.54, 1.807) is 20.8 Å². The van der Waals surface area contributed by atoms with Gasteiger partial charge >= 0.3 is 7.60 Å². The first-order chi connectivity index (χ1) is 7.00. The minimum Gasteiger partial charge on any atom is -0.307 e. The van der Waals surface area contributed by atoms with E-state index in [1.165, 1.54) is 0 Å². The SMILES string of the molecule is CCOP(=O)(OCC)[C@]1(F)CCC[C@@H]1C. The van der Waals surface area contributed by atoms with Crippen LogP contribution in [0.1, 0.15) is 40.0 Å². The van der Waals surface area contributed by atoms with Crippen molar-refractivity contribution in [2.45, 2.75) is 45.4 Å². The van der Waals surface area contributed by atoms with E-state index in [0.717, 1.165) is 12.8 Å². The summed E-state index contributed by atoms with van der Waals surface area (Å²) < 4.78 is 37.1. The molecule has 1 aliphatic carbocycles. The highest BCUT2D eigenvalue weighted by Gasteiger charge is 2.57. The maximum atomic E-state index is 14.6. The van der Waals surface area contributed by atoms with Gasteiger partial charge in [0.1, 0.15) is 0 Å². The summed E-state index contributed by atoms with van der Waals surface area (Å²) >= 11 is 0. The van der Waals surface area contributed by atoms with Gasteiger partial charge in [-0.15, -0.1) is 0 Å². The Morgan fingerprint density at radius 3 is 2.27 bits per heavy atom. The zero-order chi connectivity index (χ0) is 11.5. The highest BCUT2D eigenvalue weighted by atomic mass is 31.2. The molecule has 0 amide bonds. The molecule has 1 aliphatic rings. The van der Waals surface area contributed by atoms with Crippen LogP contribution < -0.4 is 0 Å². The fourth-order valence-corrected chi connectivity index (χ4v) is 4.41. The van der Waals surface area contributed by atoms with Gasteiger partial charge in [0, 0.05) is 5.92 Å². The van der Waals surface area contributed by atoms with Crippen LogP contribution in [0, 0.1) is 5.92 Å². The van der Waals surface area contributed by atoms with Gasteiger partial charge in [-0.1, -0.05) is 6.92 Å². The fourth-order valence-electron chi connectivity index (χ4n) is 2.12. The Labute approximate surface area is 90.9 Å². The molecule has 0 aliphatic heterocycles. The molecule has 90 valence electrons. The van der Waals surface area contributed by atoms with E-state index in [2.05, 4.69) is 0 Å². The smallest absolute Gasteiger partial charge is 0.307 e. The van der Waals surface area contributed by atoms with Gasteiger partial charge < -0.3 is 9.05 Å². The lowest BCUT2D eigenvalue weighted by Crippen LogP contribution is -2.28. The largest absolute Gasteiger partial charge is 0.367 e. The minimum atomic E-state index is -3.60. The van der Waals surface area contributed by atoms with Gasteiger partial charge in [-0.25, -0.2) is 4.39 Å². The number of halogens is 1. The van der Waals surface area contributed by atoms with Crippen LogP contribution in [-0.2, 0) is 13.6 Å². The summed E-state index contributed by atoms with van der Waals surface area (Å²) in [5.41, 5.74) is 0. The quantitative estimate of drug-likeness (QED) is 0.684. The van der Waals surface area contributed by atoms with Crippen molar-refractivity contribution in [1.29, 1.82) is 0 Å². The standard InChI is InChI=1S/C10H20FO3P/c1-4-13-15(12,14-5-2)10(11)8-6-7-9(10)3/h9H,4-8H2,1-3H3/t9-,10+/m0/s1. The first kappa shape index (κ1) is 13.1. The molecule has 3 nitrogen and oxygen atoms in total. The van der Waals surface area contributed by atoms with Crippen molar-refractivity contribution in [3.05, 3.63) is 0 Å². The molecule has 0 aromatic carbocycles. The second-order valence-corrected chi connectivity index (χ2v) is 6.20. The zero-order valence-electron chi connectivity index (χ0n) is 9.66. The maximum absolute atomic E-state index is 14.6. The van der Waals surface area contributed by atoms with Gasteiger partial charge in [0.05, 0.1) is 13.2 Å². The summed E-state index contributed by atoms with van der Waals surface area (Å²) in [5, 5.41) is -1.78. The van der Waals surface area contributed by atoms with Crippen molar-refractivity contribution >= 4 is 7.60 Å². The van der Waals surface area contributed by atoms with Crippen molar-refractivity contribution in [3.8, 4) is 0 Å². The van der Waals surface area contributed by atoms with E-state index >= 15 is 0 Å². The van der Waals surface area contributed by atoms with Crippen LogP contribution >= 0.6 is 7.60 Å². The Morgan fingerprint density at radius 1 is 1.40 bits per heavy atom. The van der Waals surface area contributed by atoms with Crippen LogP contribution in [0.3, 0.4) is 0 Å². The molecule has 0 bridgehead atoms. The van der Waals surface area contributed by atoms with Crippen molar-refractivity contribution in [1.82, 2.24) is 0 Å². The van der Waals surface area contributed by atoms with Crippen molar-refractivity contribution in [2.75, 3.05) is 13.2 Å². The summed E-state index contributed by atoms with van der Waals surface area (Å²) in [6.45, 7) is 5.62. The van der Waals surface area contributed by atoms with Crippen molar-refractivity contribution < 1.29 is 18.0 Å². The molecule has 0 radical (unpaired) electrons. The van der Waals surface area contributed by atoms with E-state index < -0.39 is 13.0 Å². The molecule has 15 heavy (non-hydrogen) atoms. The Bertz CT molecular complexity index is 249. The summed E-state index contributed by atoms with van der Waals surface area (Å²) in [6.07, 6.45) is 1.79. The van der Waals surface area contributed by atoms with E-state index in [4.69, 9.17) is 9.05 Å². The zero-order valence-corrected chi connectivity index (χ0v) is 10.6. The van der Waals surface area contributed by atoms with Gasteiger partial charge in [-0.3, -0.25) is 4.57 Å². The third-order valence-electron chi connectivity index (χ3n) is 2.97. The molecule has 2 atom stereocenters. The Morgan fingerprint density at radius 2 is 1.93 bits per heavy atom. The lowest BCUT2D eigenvalue weighted by molar-refractivity contribution is 0.120. The average Bonchev–Trinajstić information content (AvgIpc) is 2.49. The predicted molar refractivity (Wildman–Crippen MR) is 57.7 cm³/mol. The van der Waals surface area contributed by atoms with Gasteiger partial charge in [-0.05, 0) is 33.1 Å². The second kappa shape index (κ2) is 4.94. The molecule has 0 spiro atoms. The molecule has 1 fully saturated rings. The lowest BCUT2D eigenvalue weighted by Gasteiger charge is -2.32. The van der Waals surface area contributed by atoms with Gasteiger partial charge in [-0.2, -0.15) is 0 Å². The third-order valence-corrected chi connectivity index (χ3v) is 5.74. The van der Waals surface area contributed by atoms with E-state index in [1.807, 2.05) is 0 Å². The summed E-state index contributed by atoms with van der Waals surface area (Å²) in [6, 6.07) is 0. The molecular weight excluding hydrogens is 218 g/mol. The van der Waals surface area contributed by atoms with E-state index in [-0.39, 0.29) is 25.6 Å². The van der Waals surface area contributed by atoms with Crippen LogP contribution in [0.5, 0.6) is 0 Å². The highest BCUT2D eigenvalue weighted by Crippen LogP contribution is 2.68. The summed E-state index contributed by atoms with van der Waals surface area (Å²) in [5.74, 6) is -0.249. The minimum absolute atomic E-state index is 0.218. The van der Waals surface area contributed by atoms with Crippen molar-refractivity contribution in [3.63, 3.8) is 0 Å². The molecule has 1 saturated carbocycles. The summed E-state index contributed by atoms with van der Waals surface area (Å²) in [4.78, 5) is 0. The molecule has 1 rings (SSSR count). The van der Waals surface area contributed by atoms with Crippen molar-refractivity contribution in [2.24, 2.45) is 5.92 Å². The Kier molecular flexibility index (Phi) is 4.33. The average molecular weight is 238 g/mol. The van der Waals surface area contributed by atoms with E-state index in [0.29, 0.717) is 0 Å². The lowest BCUT2D eigenvalue weighted by atomic mass is 10.1. The normalized spacial score (nSPS) is 32.1. The topological polar surface area (TPSA) is 35.5 Å². The first-order valence-corrected chi connectivity index (χ1v) is 7.12. The molecule has 0 N–H and O–H groups in total. The third kappa shape index (κ3) is 2.27. The number of hydrogen-bond donors (Lipinski definition) is 0. The monoisotopic (exact) mass is 238 g/mol. The first-order valence-electron chi connectivity index (χ1n) is 5.58. The van der Waals surface area contributed by atoms with E-state index in [9.17, 15) is 8.96 Å². The molecular formula is C10H20FO3P. The van der Waals surface area contributed by atoms with Gasteiger partial charge in [0.2, 0.25) is 5.41 Å². The molecule has 0 aromatic heterocycles. The van der Waals surface area contributed by atoms with Crippen LogP contribution in [0.2, 0.25) is 0 Å². The number of rotatable bonds is 5. The molecule has 5 heteroatoms. The second-order valence-electron chi connectivity index (χ2n) is 3.94. The number of hydrogen-bond acceptors (Lipinski definition) is 3. The van der Waals surface area contributed by atoms with Gasteiger partial charge in [0.15, 0.2) is 0 Å².